The van der Waals surface area contributed by atoms with E-state index in [0.29, 0.717) is 46.6 Å². The van der Waals surface area contributed by atoms with Crippen LogP contribution in [0.1, 0.15) is 17.7 Å². The zero-order valence-electron chi connectivity index (χ0n) is 17.8. The summed E-state index contributed by atoms with van der Waals surface area (Å²) in [4.78, 5) is 15.0. The molecule has 8 heteroatoms. The molecule has 3 aliphatic rings. The van der Waals surface area contributed by atoms with Gasteiger partial charge in [0.15, 0.2) is 5.82 Å². The molecule has 6 rings (SSSR count). The van der Waals surface area contributed by atoms with Gasteiger partial charge in [0, 0.05) is 42.7 Å². The van der Waals surface area contributed by atoms with E-state index in [1.165, 1.54) is 23.4 Å². The van der Waals surface area contributed by atoms with Crippen molar-refractivity contribution in [2.75, 3.05) is 34.0 Å². The zero-order chi connectivity index (χ0) is 21.8. The maximum absolute atomic E-state index is 13.7. The Bertz CT molecular complexity index is 1220. The van der Waals surface area contributed by atoms with Crippen LogP contribution in [0.4, 0.5) is 27.5 Å². The first-order chi connectivity index (χ1) is 15.5. The van der Waals surface area contributed by atoms with Crippen molar-refractivity contribution in [1.29, 1.82) is 0 Å². The molecule has 1 aromatic heterocycles. The molecular formula is C24H24FN5OS. The molecule has 2 fully saturated rings. The molecule has 3 aromatic rings. The van der Waals surface area contributed by atoms with Crippen molar-refractivity contribution in [1.82, 2.24) is 9.97 Å². The fraction of sp³-hybridized carbons (Fsp3) is 0.333. The van der Waals surface area contributed by atoms with Gasteiger partial charge in [0.2, 0.25) is 5.95 Å². The van der Waals surface area contributed by atoms with Crippen molar-refractivity contribution in [2.24, 2.45) is 0 Å². The van der Waals surface area contributed by atoms with E-state index in [1.54, 1.807) is 12.1 Å². The Morgan fingerprint density at radius 1 is 1.06 bits per heavy atom. The van der Waals surface area contributed by atoms with E-state index in [1.807, 2.05) is 0 Å². The normalized spacial score (nSPS) is 23.6. The van der Waals surface area contributed by atoms with Crippen molar-refractivity contribution < 1.29 is 8.60 Å². The van der Waals surface area contributed by atoms with Crippen LogP contribution >= 0.6 is 0 Å². The van der Waals surface area contributed by atoms with Crippen LogP contribution in [0.5, 0.6) is 0 Å². The molecule has 1 N–H and O–H groups in total. The second-order valence-electron chi connectivity index (χ2n) is 8.77. The fourth-order valence-electron chi connectivity index (χ4n) is 5.06. The zero-order valence-corrected chi connectivity index (χ0v) is 18.6. The first-order valence-electron chi connectivity index (χ1n) is 11.0. The van der Waals surface area contributed by atoms with Gasteiger partial charge >= 0.3 is 0 Å². The Morgan fingerprint density at radius 2 is 1.84 bits per heavy atom. The second kappa shape index (κ2) is 7.55. The van der Waals surface area contributed by atoms with E-state index < -0.39 is 10.8 Å². The van der Waals surface area contributed by atoms with Gasteiger partial charge in [-0.1, -0.05) is 23.8 Å². The number of halogens is 1. The average molecular weight is 450 g/mol. The molecule has 2 unspecified atom stereocenters. The van der Waals surface area contributed by atoms with Crippen LogP contribution in [0.15, 0.2) is 53.4 Å². The van der Waals surface area contributed by atoms with E-state index in [0.717, 1.165) is 25.2 Å². The number of fused-ring (bicyclic) bond motifs is 3. The standard InChI is InChI=1S/C24H24FN5OS/c1-15-5-7-18(8-6-15)29-13-20-12-19(29)14-30(20)24-27-21-9-10-32(31)22(21)23(28-24)26-17-4-2-3-16(25)11-17/h2-8,11,19-20H,9-10,12-14H2,1H3,(H,26,27,28)/t19-,20?,32?/m1/s1. The molecule has 3 aliphatic heterocycles. The molecular weight excluding hydrogens is 425 g/mol. The van der Waals surface area contributed by atoms with Crippen molar-refractivity contribution >= 4 is 33.9 Å². The molecule has 0 radical (unpaired) electrons. The van der Waals surface area contributed by atoms with Crippen molar-refractivity contribution in [2.45, 2.75) is 36.7 Å². The summed E-state index contributed by atoms with van der Waals surface area (Å²) in [7, 11) is -1.14. The number of hydrogen-bond acceptors (Lipinski definition) is 6. The van der Waals surface area contributed by atoms with Crippen LogP contribution in [0.2, 0.25) is 0 Å². The molecule has 32 heavy (non-hydrogen) atoms. The Kier molecular flexibility index (Phi) is 4.64. The lowest BCUT2D eigenvalue weighted by molar-refractivity contribution is 0.628. The second-order valence-corrected chi connectivity index (χ2v) is 10.3. The monoisotopic (exact) mass is 449 g/mol. The number of rotatable bonds is 4. The van der Waals surface area contributed by atoms with E-state index in [2.05, 4.69) is 46.3 Å². The van der Waals surface area contributed by atoms with Gasteiger partial charge in [-0.2, -0.15) is 4.98 Å². The molecule has 0 aliphatic carbocycles. The highest BCUT2D eigenvalue weighted by atomic mass is 32.2. The third-order valence-electron chi connectivity index (χ3n) is 6.63. The van der Waals surface area contributed by atoms with Gasteiger partial charge in [-0.05, 0) is 43.7 Å². The number of anilines is 4. The van der Waals surface area contributed by atoms with Gasteiger partial charge in [0.25, 0.3) is 0 Å². The number of benzene rings is 2. The molecule has 0 spiro atoms. The van der Waals surface area contributed by atoms with Gasteiger partial charge in [-0.15, -0.1) is 0 Å². The summed E-state index contributed by atoms with van der Waals surface area (Å²) in [6.07, 6.45) is 1.75. The van der Waals surface area contributed by atoms with E-state index in [4.69, 9.17) is 9.97 Å². The summed E-state index contributed by atoms with van der Waals surface area (Å²) in [6, 6.07) is 15.7. The topological polar surface area (TPSA) is 61.4 Å². The van der Waals surface area contributed by atoms with Crippen LogP contribution in [0, 0.1) is 12.7 Å². The maximum Gasteiger partial charge on any atom is 0.228 e. The van der Waals surface area contributed by atoms with Crippen LogP contribution in [0.25, 0.3) is 0 Å². The minimum atomic E-state index is -1.14. The van der Waals surface area contributed by atoms with Gasteiger partial charge in [-0.3, -0.25) is 4.21 Å². The number of nitrogens with one attached hydrogen (secondary N) is 1. The van der Waals surface area contributed by atoms with Crippen molar-refractivity contribution in [3.63, 3.8) is 0 Å². The third-order valence-corrected chi connectivity index (χ3v) is 8.09. The number of aromatic nitrogens is 2. The SMILES string of the molecule is Cc1ccc(N2CC3C[C@@H]2CN3c2nc3c(c(Nc4cccc(F)c4)n2)S(=O)CC3)cc1. The summed E-state index contributed by atoms with van der Waals surface area (Å²) in [5, 5.41) is 3.20. The molecule has 4 heterocycles. The summed E-state index contributed by atoms with van der Waals surface area (Å²) in [6.45, 7) is 3.90. The van der Waals surface area contributed by atoms with Crippen molar-refractivity contribution in [3.8, 4) is 0 Å². The largest absolute Gasteiger partial charge is 0.365 e. The van der Waals surface area contributed by atoms with E-state index >= 15 is 0 Å². The maximum atomic E-state index is 13.7. The minimum Gasteiger partial charge on any atom is -0.365 e. The predicted octanol–water partition coefficient (Wildman–Crippen LogP) is 3.80. The van der Waals surface area contributed by atoms with Crippen molar-refractivity contribution in [3.05, 3.63) is 65.6 Å². The highest BCUT2D eigenvalue weighted by molar-refractivity contribution is 7.85. The quantitative estimate of drug-likeness (QED) is 0.654. The van der Waals surface area contributed by atoms with E-state index in [-0.39, 0.29) is 5.82 Å². The third kappa shape index (κ3) is 3.33. The molecule has 0 saturated carbocycles. The average Bonchev–Trinajstić information content (AvgIpc) is 3.49. The smallest absolute Gasteiger partial charge is 0.228 e. The summed E-state index contributed by atoms with van der Waals surface area (Å²) in [5.41, 5.74) is 3.96. The molecule has 2 bridgehead atoms. The van der Waals surface area contributed by atoms with Gasteiger partial charge < -0.3 is 15.1 Å². The lowest BCUT2D eigenvalue weighted by Gasteiger charge is -2.36. The summed E-state index contributed by atoms with van der Waals surface area (Å²) < 4.78 is 26.3. The van der Waals surface area contributed by atoms with E-state index in [9.17, 15) is 8.60 Å². The number of nitrogens with zero attached hydrogens (tertiary/aromatic N) is 4. The predicted molar refractivity (Wildman–Crippen MR) is 125 cm³/mol. The first kappa shape index (κ1) is 19.7. The number of aryl methyl sites for hydroxylation is 2. The Hall–Kier alpha value is -3.00. The first-order valence-corrected chi connectivity index (χ1v) is 12.3. The summed E-state index contributed by atoms with van der Waals surface area (Å²) in [5.74, 6) is 1.44. The fourth-order valence-corrected chi connectivity index (χ4v) is 6.37. The van der Waals surface area contributed by atoms with Crippen LogP contribution in [-0.4, -0.2) is 45.1 Å². The van der Waals surface area contributed by atoms with Crippen LogP contribution in [-0.2, 0) is 17.2 Å². The number of piperazine rings is 1. The molecule has 2 saturated heterocycles. The minimum absolute atomic E-state index is 0.324. The number of hydrogen-bond donors (Lipinski definition) is 1. The Morgan fingerprint density at radius 3 is 2.59 bits per heavy atom. The highest BCUT2D eigenvalue weighted by Crippen LogP contribution is 2.38. The molecule has 164 valence electrons. The molecule has 2 aromatic carbocycles. The van der Waals surface area contributed by atoms with Gasteiger partial charge in [0.05, 0.1) is 22.5 Å². The molecule has 0 amide bonds. The lowest BCUT2D eigenvalue weighted by Crippen LogP contribution is -2.47. The lowest BCUT2D eigenvalue weighted by atomic mass is 10.2. The Balaban J connectivity index is 1.30. The molecule has 6 nitrogen and oxygen atoms in total. The van der Waals surface area contributed by atoms with Crippen LogP contribution in [0.3, 0.4) is 0 Å². The van der Waals surface area contributed by atoms with Gasteiger partial charge in [-0.25, -0.2) is 9.37 Å². The molecule has 3 atom stereocenters. The highest BCUT2D eigenvalue weighted by Gasteiger charge is 2.45. The summed E-state index contributed by atoms with van der Waals surface area (Å²) >= 11 is 0. The van der Waals surface area contributed by atoms with Crippen LogP contribution < -0.4 is 15.1 Å². The van der Waals surface area contributed by atoms with Gasteiger partial charge in [0.1, 0.15) is 10.7 Å². The Labute approximate surface area is 188 Å².